The molecule has 0 spiro atoms. The van der Waals surface area contributed by atoms with Crippen molar-refractivity contribution in [1.29, 1.82) is 0 Å². The van der Waals surface area contributed by atoms with Crippen LogP contribution in [0.4, 0.5) is 0 Å². The van der Waals surface area contributed by atoms with Crippen LogP contribution in [0.25, 0.3) is 0 Å². The molecule has 1 aliphatic rings. The molecule has 0 aromatic rings. The highest BCUT2D eigenvalue weighted by atomic mass is 14.9. The fraction of sp³-hybridized carbons (Fsp3) is 0.545. The minimum atomic E-state index is 0.111. The Hall–Kier alpha value is -0.720. The number of hydrogen-bond acceptors (Lipinski definition) is 1. The predicted octanol–water partition coefficient (Wildman–Crippen LogP) is 2.81. The first kappa shape index (κ1) is 9.37. The molecule has 1 radical (unpaired) electrons. The van der Waals surface area contributed by atoms with Gasteiger partial charge in [0.1, 0.15) is 0 Å². The predicted molar refractivity (Wildman–Crippen MR) is 53.6 cm³/mol. The molecule has 1 nitrogen and oxygen atoms in total. The van der Waals surface area contributed by atoms with E-state index < -0.39 is 0 Å². The normalized spacial score (nSPS) is 20.1. The van der Waals surface area contributed by atoms with Crippen LogP contribution in [0, 0.1) is 6.42 Å². The average molecular weight is 164 g/mol. The summed E-state index contributed by atoms with van der Waals surface area (Å²) in [7, 11) is 0. The van der Waals surface area contributed by atoms with Gasteiger partial charge >= 0.3 is 0 Å². The van der Waals surface area contributed by atoms with E-state index in [0.29, 0.717) is 0 Å². The molecule has 12 heavy (non-hydrogen) atoms. The summed E-state index contributed by atoms with van der Waals surface area (Å²) in [5.41, 5.74) is 1.54. The second kappa shape index (κ2) is 3.79. The van der Waals surface area contributed by atoms with Gasteiger partial charge in [-0.25, -0.2) is 0 Å². The second-order valence-corrected chi connectivity index (χ2v) is 3.23. The molecule has 0 saturated heterocycles. The number of hydrogen-bond donors (Lipinski definition) is 1. The maximum atomic E-state index is 3.38. The van der Waals surface area contributed by atoms with Gasteiger partial charge in [-0.1, -0.05) is 26.8 Å². The van der Waals surface area contributed by atoms with Crippen molar-refractivity contribution in [3.05, 3.63) is 30.3 Å². The Morgan fingerprint density at radius 2 is 2.25 bits per heavy atom. The van der Waals surface area contributed by atoms with Crippen LogP contribution in [0.1, 0.15) is 33.6 Å². The number of rotatable bonds is 3. The monoisotopic (exact) mass is 164 g/mol. The average Bonchev–Trinajstić information content (AvgIpc) is 2.18. The van der Waals surface area contributed by atoms with Crippen LogP contribution >= 0.6 is 0 Å². The summed E-state index contributed by atoms with van der Waals surface area (Å²) in [6, 6.07) is 0. The second-order valence-electron chi connectivity index (χ2n) is 3.23. The maximum absolute atomic E-state index is 3.38. The third-order valence-electron chi connectivity index (χ3n) is 2.60. The first-order chi connectivity index (χ1) is 5.76. The maximum Gasteiger partial charge on any atom is 0.0582 e. The highest BCUT2D eigenvalue weighted by Crippen LogP contribution is 2.22. The Kier molecular flexibility index (Phi) is 2.96. The molecule has 0 aliphatic carbocycles. The highest BCUT2D eigenvalue weighted by molar-refractivity contribution is 5.31. The van der Waals surface area contributed by atoms with Crippen molar-refractivity contribution in [2.24, 2.45) is 0 Å². The number of dihydropyridines is 1. The van der Waals surface area contributed by atoms with Crippen molar-refractivity contribution in [2.45, 2.75) is 39.2 Å². The lowest BCUT2D eigenvalue weighted by atomic mass is 9.88. The third kappa shape index (κ3) is 1.71. The molecule has 0 bridgehead atoms. The van der Waals surface area contributed by atoms with Gasteiger partial charge in [0.25, 0.3) is 0 Å². The third-order valence-corrected chi connectivity index (χ3v) is 2.60. The van der Waals surface area contributed by atoms with E-state index in [4.69, 9.17) is 0 Å². The van der Waals surface area contributed by atoms with Gasteiger partial charge in [-0.15, -0.1) is 0 Å². The molecule has 0 fully saturated rings. The summed E-state index contributed by atoms with van der Waals surface area (Å²) in [5.74, 6) is 0. The zero-order valence-corrected chi connectivity index (χ0v) is 8.22. The van der Waals surface area contributed by atoms with Gasteiger partial charge in [-0.05, 0) is 37.1 Å². The summed E-state index contributed by atoms with van der Waals surface area (Å²) in [6.07, 6.45) is 11.0. The quantitative estimate of drug-likeness (QED) is 0.676. The van der Waals surface area contributed by atoms with E-state index in [9.17, 15) is 0 Å². The van der Waals surface area contributed by atoms with Crippen molar-refractivity contribution in [2.75, 3.05) is 0 Å². The lowest BCUT2D eigenvalue weighted by Crippen LogP contribution is -2.41. The Balaban J connectivity index is 2.80. The minimum Gasteiger partial charge on any atom is -0.382 e. The van der Waals surface area contributed by atoms with Crippen molar-refractivity contribution < 1.29 is 0 Å². The van der Waals surface area contributed by atoms with E-state index in [1.165, 1.54) is 5.57 Å². The van der Waals surface area contributed by atoms with Crippen LogP contribution in [0.5, 0.6) is 0 Å². The Morgan fingerprint density at radius 1 is 1.50 bits per heavy atom. The summed E-state index contributed by atoms with van der Waals surface area (Å²) in [6.45, 7) is 6.51. The zero-order valence-electron chi connectivity index (χ0n) is 8.22. The van der Waals surface area contributed by atoms with Crippen molar-refractivity contribution in [1.82, 2.24) is 5.32 Å². The van der Waals surface area contributed by atoms with E-state index in [1.54, 1.807) is 0 Å². The molecular weight excluding hydrogens is 146 g/mol. The largest absolute Gasteiger partial charge is 0.382 e. The first-order valence-corrected chi connectivity index (χ1v) is 4.73. The first-order valence-electron chi connectivity index (χ1n) is 4.73. The topological polar surface area (TPSA) is 12.0 Å². The zero-order chi connectivity index (χ0) is 9.03. The van der Waals surface area contributed by atoms with Gasteiger partial charge in [0.15, 0.2) is 0 Å². The minimum absolute atomic E-state index is 0.111. The van der Waals surface area contributed by atoms with Gasteiger partial charge in [-0.2, -0.15) is 0 Å². The lowest BCUT2D eigenvalue weighted by Gasteiger charge is -2.32. The molecule has 1 heteroatoms. The molecule has 1 atom stereocenters. The molecule has 67 valence electrons. The van der Waals surface area contributed by atoms with Crippen LogP contribution < -0.4 is 5.32 Å². The molecule has 0 aromatic heterocycles. The number of nitrogens with one attached hydrogen (secondary N) is 1. The molecule has 0 aromatic carbocycles. The van der Waals surface area contributed by atoms with Gasteiger partial charge < -0.3 is 5.32 Å². The smallest absolute Gasteiger partial charge is 0.0582 e. The standard InChI is InChI=1S/C11H18N/c1-4-10-7-8-12-11(5-2,6-3)9-10/h5,7-9,12H,4,6H2,1-3H3. The summed E-state index contributed by atoms with van der Waals surface area (Å²) >= 11 is 0. The fourth-order valence-electron chi connectivity index (χ4n) is 1.52. The molecule has 1 rings (SSSR count). The van der Waals surface area contributed by atoms with E-state index >= 15 is 0 Å². The highest BCUT2D eigenvalue weighted by Gasteiger charge is 2.23. The summed E-state index contributed by atoms with van der Waals surface area (Å²) in [4.78, 5) is 0. The van der Waals surface area contributed by atoms with E-state index in [0.717, 1.165) is 12.8 Å². The SMILES string of the molecule is C[CH]C1(CC)C=C(CC)C=CN1. The Morgan fingerprint density at radius 3 is 2.75 bits per heavy atom. The van der Waals surface area contributed by atoms with Gasteiger partial charge in [0, 0.05) is 0 Å². The molecular formula is C11H18N. The molecule has 1 N–H and O–H groups in total. The van der Waals surface area contributed by atoms with Crippen LogP contribution in [-0.2, 0) is 0 Å². The molecule has 1 unspecified atom stereocenters. The molecule has 1 aliphatic heterocycles. The Bertz CT molecular complexity index is 197. The van der Waals surface area contributed by atoms with E-state index in [-0.39, 0.29) is 5.54 Å². The van der Waals surface area contributed by atoms with Crippen molar-refractivity contribution >= 4 is 0 Å². The summed E-state index contributed by atoms with van der Waals surface area (Å²) < 4.78 is 0. The van der Waals surface area contributed by atoms with Crippen LogP contribution in [0.3, 0.4) is 0 Å². The van der Waals surface area contributed by atoms with E-state index in [2.05, 4.69) is 50.9 Å². The van der Waals surface area contributed by atoms with Gasteiger partial charge in [-0.3, -0.25) is 0 Å². The lowest BCUT2D eigenvalue weighted by molar-refractivity contribution is 0.495. The van der Waals surface area contributed by atoms with Gasteiger partial charge in [0.05, 0.1) is 5.54 Å². The molecule has 0 saturated carbocycles. The van der Waals surface area contributed by atoms with Crippen LogP contribution in [0.15, 0.2) is 23.9 Å². The van der Waals surface area contributed by atoms with E-state index in [1.807, 2.05) is 0 Å². The van der Waals surface area contributed by atoms with Crippen molar-refractivity contribution in [3.8, 4) is 0 Å². The number of allylic oxidation sites excluding steroid dienone is 2. The van der Waals surface area contributed by atoms with Crippen LogP contribution in [-0.4, -0.2) is 5.54 Å². The van der Waals surface area contributed by atoms with Gasteiger partial charge in [0.2, 0.25) is 0 Å². The molecule has 1 heterocycles. The Labute approximate surface area is 75.6 Å². The van der Waals surface area contributed by atoms with Crippen molar-refractivity contribution in [3.63, 3.8) is 0 Å². The summed E-state index contributed by atoms with van der Waals surface area (Å²) in [5, 5.41) is 3.38. The fourth-order valence-corrected chi connectivity index (χ4v) is 1.52. The molecule has 0 amide bonds. The van der Waals surface area contributed by atoms with Crippen LogP contribution in [0.2, 0.25) is 0 Å².